The first-order chi connectivity index (χ1) is 13.7. The summed E-state index contributed by atoms with van der Waals surface area (Å²) in [7, 11) is 0. The Morgan fingerprint density at radius 3 is 2.86 bits per heavy atom. The minimum atomic E-state index is -0.395. The summed E-state index contributed by atoms with van der Waals surface area (Å²) in [5, 5.41) is 3.04. The fourth-order valence-electron chi connectivity index (χ4n) is 5.07. The largest absolute Gasteiger partial charge is 0.472 e. The lowest BCUT2D eigenvalue weighted by molar-refractivity contribution is 0.0925. The summed E-state index contributed by atoms with van der Waals surface area (Å²) in [5.41, 5.74) is 0.957. The van der Waals surface area contributed by atoms with Crippen LogP contribution in [-0.4, -0.2) is 39.5 Å². The fraction of sp³-hybridized carbons (Fsp3) is 0.571. The summed E-state index contributed by atoms with van der Waals surface area (Å²) >= 11 is 0. The summed E-state index contributed by atoms with van der Waals surface area (Å²) in [5.74, 6) is 1.27. The van der Waals surface area contributed by atoms with Gasteiger partial charge < -0.3 is 14.3 Å². The second-order valence-corrected chi connectivity index (χ2v) is 8.47. The molecule has 148 valence electrons. The number of aromatic nitrogens is 2. The molecule has 3 aliphatic rings. The quantitative estimate of drug-likeness (QED) is 0.876. The van der Waals surface area contributed by atoms with E-state index < -0.39 is 5.56 Å². The topological polar surface area (TPSA) is 80.4 Å². The Morgan fingerprint density at radius 2 is 2.07 bits per heavy atom. The number of hydrogen-bond acceptors (Lipinski definition) is 5. The zero-order chi connectivity index (χ0) is 19.1. The van der Waals surface area contributed by atoms with E-state index in [0.29, 0.717) is 5.92 Å². The van der Waals surface area contributed by atoms with Gasteiger partial charge in [0.2, 0.25) is 0 Å². The van der Waals surface area contributed by atoms with Crippen LogP contribution in [0.2, 0.25) is 0 Å². The van der Waals surface area contributed by atoms with Crippen molar-refractivity contribution >= 4 is 5.91 Å². The van der Waals surface area contributed by atoms with E-state index in [9.17, 15) is 9.59 Å². The summed E-state index contributed by atoms with van der Waals surface area (Å²) in [6, 6.07) is 2.18. The van der Waals surface area contributed by atoms with E-state index in [1.807, 2.05) is 10.6 Å². The van der Waals surface area contributed by atoms with Crippen molar-refractivity contribution in [1.82, 2.24) is 19.8 Å². The Bertz CT molecular complexity index is 914. The van der Waals surface area contributed by atoms with Crippen LogP contribution in [0.4, 0.5) is 0 Å². The zero-order valence-electron chi connectivity index (χ0n) is 16.0. The number of fused-ring (bicyclic) bond motifs is 3. The number of furan rings is 1. The van der Waals surface area contributed by atoms with Gasteiger partial charge >= 0.3 is 0 Å². The molecule has 0 spiro atoms. The molecule has 7 nitrogen and oxygen atoms in total. The molecule has 0 radical (unpaired) electrons. The predicted molar refractivity (Wildman–Crippen MR) is 103 cm³/mol. The molecule has 2 fully saturated rings. The fourth-order valence-corrected chi connectivity index (χ4v) is 5.07. The first-order valence-electron chi connectivity index (χ1n) is 10.3. The molecular formula is C21H26N4O3. The maximum Gasteiger partial charge on any atom is 0.285 e. The number of amides is 1. The lowest BCUT2D eigenvalue weighted by atomic mass is 9.95. The highest BCUT2D eigenvalue weighted by molar-refractivity contribution is 5.93. The average Bonchev–Trinajstić information content (AvgIpc) is 3.39. The average molecular weight is 382 g/mol. The van der Waals surface area contributed by atoms with E-state index >= 15 is 0 Å². The smallest absolute Gasteiger partial charge is 0.285 e. The lowest BCUT2D eigenvalue weighted by Gasteiger charge is -2.22. The highest BCUT2D eigenvalue weighted by atomic mass is 16.3. The molecule has 1 saturated carbocycles. The Labute approximate surface area is 163 Å². The highest BCUT2D eigenvalue weighted by Crippen LogP contribution is 2.38. The van der Waals surface area contributed by atoms with Crippen molar-refractivity contribution < 1.29 is 9.21 Å². The van der Waals surface area contributed by atoms with Crippen molar-refractivity contribution in [3.05, 3.63) is 52.1 Å². The monoisotopic (exact) mass is 382 g/mol. The molecule has 2 aromatic rings. The van der Waals surface area contributed by atoms with Gasteiger partial charge in [0.15, 0.2) is 0 Å². The summed E-state index contributed by atoms with van der Waals surface area (Å²) in [6.07, 6.45) is 10.7. The molecule has 0 bridgehead atoms. The first kappa shape index (κ1) is 17.7. The lowest BCUT2D eigenvalue weighted by Crippen LogP contribution is -2.39. The third-order valence-electron chi connectivity index (χ3n) is 6.48. The zero-order valence-corrected chi connectivity index (χ0v) is 16.0. The Hall–Kier alpha value is -2.41. The van der Waals surface area contributed by atoms with Crippen LogP contribution in [0, 0.1) is 5.92 Å². The van der Waals surface area contributed by atoms with Crippen LogP contribution in [0.15, 0.2) is 34.0 Å². The van der Waals surface area contributed by atoms with Crippen LogP contribution in [0.3, 0.4) is 0 Å². The van der Waals surface area contributed by atoms with Crippen molar-refractivity contribution in [2.45, 2.75) is 57.2 Å². The Kier molecular flexibility index (Phi) is 4.55. The molecule has 1 aliphatic carbocycles. The van der Waals surface area contributed by atoms with E-state index in [4.69, 9.17) is 4.42 Å². The van der Waals surface area contributed by atoms with Crippen LogP contribution < -0.4 is 10.9 Å². The summed E-state index contributed by atoms with van der Waals surface area (Å²) in [6.45, 7) is 3.53. The number of likely N-dealkylation sites (tertiary alicyclic amines) is 1. The molecule has 2 aromatic heterocycles. The Balaban J connectivity index is 1.30. The van der Waals surface area contributed by atoms with E-state index in [-0.39, 0.29) is 23.4 Å². The first-order valence-corrected chi connectivity index (χ1v) is 10.3. The number of carbonyl (C=O) groups is 1. The number of hydrogen-bond donors (Lipinski definition) is 1. The molecule has 0 unspecified atom stereocenters. The molecule has 1 N–H and O–H groups in total. The molecule has 1 saturated heterocycles. The van der Waals surface area contributed by atoms with E-state index in [1.54, 1.807) is 18.7 Å². The van der Waals surface area contributed by atoms with Crippen molar-refractivity contribution in [2.24, 2.45) is 5.92 Å². The maximum absolute atomic E-state index is 12.6. The predicted octanol–water partition coefficient (Wildman–Crippen LogP) is 2.13. The molecular weight excluding hydrogens is 356 g/mol. The number of nitrogens with one attached hydrogen (secondary N) is 1. The van der Waals surface area contributed by atoms with Gasteiger partial charge in [0.05, 0.1) is 12.5 Å². The van der Waals surface area contributed by atoms with Gasteiger partial charge in [0.25, 0.3) is 11.5 Å². The van der Waals surface area contributed by atoms with Gasteiger partial charge in [-0.05, 0) is 18.9 Å². The van der Waals surface area contributed by atoms with Gasteiger partial charge in [-0.15, -0.1) is 0 Å². The molecule has 28 heavy (non-hydrogen) atoms. The minimum absolute atomic E-state index is 0.185. The van der Waals surface area contributed by atoms with Crippen molar-refractivity contribution in [3.8, 4) is 0 Å². The SMILES string of the molecule is O=C(NC1CCCCC1)c1cn2c(nc1=O)[C@@H]1CN(Cc3ccoc3)C[C@@H]1C2. The maximum atomic E-state index is 12.6. The van der Waals surface area contributed by atoms with Crippen LogP contribution in [0.5, 0.6) is 0 Å². The van der Waals surface area contributed by atoms with Crippen molar-refractivity contribution in [3.63, 3.8) is 0 Å². The molecule has 5 rings (SSSR count). The number of nitrogens with zero attached hydrogens (tertiary/aromatic N) is 3. The third kappa shape index (κ3) is 3.28. The standard InChI is InChI=1S/C21H26N4O3/c26-20(22-16-4-2-1-3-5-16)18-12-25-10-15-9-24(8-14-6-7-28-13-14)11-17(15)19(25)23-21(18)27/h6-7,12-13,15-17H,1-5,8-11H2,(H,22,26)/t15-,17-/m1/s1. The summed E-state index contributed by atoms with van der Waals surface area (Å²) in [4.78, 5) is 31.9. The molecule has 1 amide bonds. The van der Waals surface area contributed by atoms with E-state index in [1.165, 1.54) is 12.0 Å². The number of carbonyl (C=O) groups excluding carboxylic acids is 1. The molecule has 2 atom stereocenters. The third-order valence-corrected chi connectivity index (χ3v) is 6.48. The van der Waals surface area contributed by atoms with E-state index in [2.05, 4.69) is 15.2 Å². The van der Waals surface area contributed by atoms with Crippen LogP contribution in [-0.2, 0) is 13.1 Å². The Morgan fingerprint density at radius 1 is 1.21 bits per heavy atom. The highest BCUT2D eigenvalue weighted by Gasteiger charge is 2.41. The minimum Gasteiger partial charge on any atom is -0.472 e. The second kappa shape index (κ2) is 7.20. The van der Waals surface area contributed by atoms with Crippen molar-refractivity contribution in [1.29, 1.82) is 0 Å². The second-order valence-electron chi connectivity index (χ2n) is 8.47. The van der Waals surface area contributed by atoms with Gasteiger partial charge in [-0.3, -0.25) is 14.5 Å². The van der Waals surface area contributed by atoms with Crippen LogP contribution in [0.25, 0.3) is 0 Å². The van der Waals surface area contributed by atoms with Crippen LogP contribution in [0.1, 0.15) is 59.8 Å². The van der Waals surface area contributed by atoms with Gasteiger partial charge in [-0.2, -0.15) is 4.98 Å². The van der Waals surface area contributed by atoms with Gasteiger partial charge in [-0.1, -0.05) is 19.3 Å². The molecule has 7 heteroatoms. The van der Waals surface area contributed by atoms with Crippen molar-refractivity contribution in [2.75, 3.05) is 13.1 Å². The van der Waals surface area contributed by atoms with Gasteiger partial charge in [0, 0.05) is 55.8 Å². The molecule has 0 aromatic carbocycles. The van der Waals surface area contributed by atoms with E-state index in [0.717, 1.165) is 57.7 Å². The summed E-state index contributed by atoms with van der Waals surface area (Å²) < 4.78 is 7.19. The van der Waals surface area contributed by atoms with Gasteiger partial charge in [0.1, 0.15) is 11.4 Å². The number of rotatable bonds is 4. The molecule has 2 aliphatic heterocycles. The normalized spacial score (nSPS) is 24.9. The van der Waals surface area contributed by atoms with Gasteiger partial charge in [-0.25, -0.2) is 0 Å². The molecule has 4 heterocycles. The van der Waals surface area contributed by atoms with Crippen LogP contribution >= 0.6 is 0 Å².